The summed E-state index contributed by atoms with van der Waals surface area (Å²) in [5, 5.41) is 4.56. The van der Waals surface area contributed by atoms with E-state index in [0.29, 0.717) is 5.56 Å². The Morgan fingerprint density at radius 3 is 2.12 bits per heavy atom. The zero-order valence-electron chi connectivity index (χ0n) is 23.3. The van der Waals surface area contributed by atoms with Gasteiger partial charge in [-0.25, -0.2) is 12.8 Å². The lowest BCUT2D eigenvalue weighted by Crippen LogP contribution is -2.53. The van der Waals surface area contributed by atoms with Gasteiger partial charge in [0, 0.05) is 26.1 Å². The van der Waals surface area contributed by atoms with E-state index in [1.54, 1.807) is 24.3 Å². The fraction of sp³-hybridized carbons (Fsp3) is 0.250. The van der Waals surface area contributed by atoms with Crippen LogP contribution in [0.2, 0.25) is 0 Å². The first-order valence-corrected chi connectivity index (χ1v) is 14.8. The lowest BCUT2D eigenvalue weighted by Gasteiger charge is -2.33. The van der Waals surface area contributed by atoms with E-state index in [9.17, 15) is 22.4 Å². The van der Waals surface area contributed by atoms with Crippen molar-refractivity contribution in [2.75, 3.05) is 13.6 Å². The molecule has 0 aliphatic carbocycles. The van der Waals surface area contributed by atoms with Gasteiger partial charge in [0.1, 0.15) is 11.9 Å². The van der Waals surface area contributed by atoms with Crippen molar-refractivity contribution >= 4 is 32.6 Å². The minimum absolute atomic E-state index is 0.00795. The van der Waals surface area contributed by atoms with Crippen molar-refractivity contribution in [3.05, 3.63) is 114 Å². The molecule has 0 spiro atoms. The average Bonchev–Trinajstić information content (AvgIpc) is 2.95. The first kappa shape index (κ1) is 29.9. The number of hydrogen-bond donors (Lipinski definition) is 1. The highest BCUT2D eigenvalue weighted by Crippen LogP contribution is 2.22. The van der Waals surface area contributed by atoms with Gasteiger partial charge >= 0.3 is 0 Å². The lowest BCUT2D eigenvalue weighted by atomic mass is 10.0. The Balaban J connectivity index is 1.66. The molecular formula is C32H34FN3O4S. The minimum Gasteiger partial charge on any atom is -0.352 e. The van der Waals surface area contributed by atoms with E-state index in [4.69, 9.17) is 0 Å². The van der Waals surface area contributed by atoms with Crippen molar-refractivity contribution in [1.29, 1.82) is 0 Å². The van der Waals surface area contributed by atoms with Gasteiger partial charge < -0.3 is 10.2 Å². The van der Waals surface area contributed by atoms with Crippen molar-refractivity contribution < 1.29 is 22.4 Å². The van der Waals surface area contributed by atoms with Crippen molar-refractivity contribution in [2.24, 2.45) is 0 Å². The third-order valence-corrected chi connectivity index (χ3v) is 8.55. The first-order chi connectivity index (χ1) is 19.5. The molecular weight excluding hydrogens is 541 g/mol. The maximum absolute atomic E-state index is 13.9. The Morgan fingerprint density at radius 1 is 0.829 bits per heavy atom. The molecule has 1 atom stereocenters. The highest BCUT2D eigenvalue weighted by molar-refractivity contribution is 7.89. The zero-order chi connectivity index (χ0) is 29.6. The van der Waals surface area contributed by atoms with Crippen LogP contribution in [-0.4, -0.2) is 55.1 Å². The molecule has 4 rings (SSSR count). The predicted octanol–water partition coefficient (Wildman–Crippen LogP) is 4.76. The molecule has 7 nitrogen and oxygen atoms in total. The summed E-state index contributed by atoms with van der Waals surface area (Å²) in [6, 6.07) is 26.1. The fourth-order valence-electron chi connectivity index (χ4n) is 4.60. The SMILES string of the molecule is CC(C)NC(=O)C(Cc1ccccc1)N(Cc1ccc(F)cc1)C(=O)CN(C)S(=O)(=O)c1ccc2ccccc2c1. The highest BCUT2D eigenvalue weighted by atomic mass is 32.2. The number of carbonyl (C=O) groups excluding carboxylic acids is 2. The maximum atomic E-state index is 13.9. The molecule has 9 heteroatoms. The zero-order valence-corrected chi connectivity index (χ0v) is 24.1. The Kier molecular flexibility index (Phi) is 9.52. The van der Waals surface area contributed by atoms with Gasteiger partial charge in [0.15, 0.2) is 0 Å². The third-order valence-electron chi connectivity index (χ3n) is 6.76. The molecule has 0 saturated carbocycles. The van der Waals surface area contributed by atoms with Crippen LogP contribution in [0, 0.1) is 5.82 Å². The normalized spacial score (nSPS) is 12.4. The predicted molar refractivity (Wildman–Crippen MR) is 158 cm³/mol. The van der Waals surface area contributed by atoms with Crippen LogP contribution in [0.4, 0.5) is 4.39 Å². The highest BCUT2D eigenvalue weighted by Gasteiger charge is 2.33. The van der Waals surface area contributed by atoms with Gasteiger partial charge in [-0.05, 0) is 60.0 Å². The molecule has 214 valence electrons. The smallest absolute Gasteiger partial charge is 0.243 e. The van der Waals surface area contributed by atoms with Crippen molar-refractivity contribution in [3.63, 3.8) is 0 Å². The van der Waals surface area contributed by atoms with Crippen LogP contribution in [0.15, 0.2) is 102 Å². The summed E-state index contributed by atoms with van der Waals surface area (Å²) in [5.74, 6) is -1.34. The minimum atomic E-state index is -4.03. The van der Waals surface area contributed by atoms with Gasteiger partial charge in [0.2, 0.25) is 21.8 Å². The fourth-order valence-corrected chi connectivity index (χ4v) is 5.75. The van der Waals surface area contributed by atoms with E-state index in [-0.39, 0.29) is 29.8 Å². The summed E-state index contributed by atoms with van der Waals surface area (Å²) in [7, 11) is -2.68. The number of carbonyl (C=O) groups is 2. The molecule has 0 radical (unpaired) electrons. The number of nitrogens with one attached hydrogen (secondary N) is 1. The number of benzene rings is 4. The number of sulfonamides is 1. The molecule has 0 bridgehead atoms. The Bertz CT molecular complexity index is 1610. The molecule has 0 saturated heterocycles. The van der Waals surface area contributed by atoms with Crippen LogP contribution < -0.4 is 5.32 Å². The summed E-state index contributed by atoms with van der Waals surface area (Å²) in [6.45, 7) is 3.16. The second-order valence-electron chi connectivity index (χ2n) is 10.3. The molecule has 0 aliphatic heterocycles. The van der Waals surface area contributed by atoms with Crippen LogP contribution in [0.3, 0.4) is 0 Å². The maximum Gasteiger partial charge on any atom is 0.243 e. The molecule has 0 aliphatic rings. The van der Waals surface area contributed by atoms with Gasteiger partial charge in [-0.3, -0.25) is 9.59 Å². The molecule has 0 fully saturated rings. The standard InChI is InChI=1S/C32H34FN3O4S/c1-23(2)34-32(38)30(19-24-9-5-4-6-10-24)36(21-25-13-16-28(33)17-14-25)31(37)22-35(3)41(39,40)29-18-15-26-11-7-8-12-27(26)20-29/h4-18,20,23,30H,19,21-22H2,1-3H3,(H,34,38). The number of halogens is 1. The van der Waals surface area contributed by atoms with Crippen LogP contribution >= 0.6 is 0 Å². The van der Waals surface area contributed by atoms with Gasteiger partial charge in [0.05, 0.1) is 11.4 Å². The van der Waals surface area contributed by atoms with Gasteiger partial charge in [0.25, 0.3) is 0 Å². The van der Waals surface area contributed by atoms with Gasteiger partial charge in [-0.15, -0.1) is 0 Å². The summed E-state index contributed by atoms with van der Waals surface area (Å²) in [4.78, 5) is 28.8. The monoisotopic (exact) mass is 575 g/mol. The molecule has 0 aromatic heterocycles. The van der Waals surface area contributed by atoms with Crippen LogP contribution in [0.5, 0.6) is 0 Å². The van der Waals surface area contributed by atoms with Crippen LogP contribution in [0.25, 0.3) is 10.8 Å². The van der Waals surface area contributed by atoms with Crippen LogP contribution in [-0.2, 0) is 32.6 Å². The molecule has 1 N–H and O–H groups in total. The van der Waals surface area contributed by atoms with Crippen molar-refractivity contribution in [2.45, 2.75) is 43.8 Å². The largest absolute Gasteiger partial charge is 0.352 e. The van der Waals surface area contributed by atoms with Crippen molar-refractivity contribution in [3.8, 4) is 0 Å². The summed E-state index contributed by atoms with van der Waals surface area (Å²) < 4.78 is 41.6. The number of nitrogens with zero attached hydrogens (tertiary/aromatic N) is 2. The molecule has 0 heterocycles. The topological polar surface area (TPSA) is 86.8 Å². The van der Waals surface area contributed by atoms with Gasteiger partial charge in [-0.1, -0.05) is 72.8 Å². The number of rotatable bonds is 11. The Hall–Kier alpha value is -4.08. The lowest BCUT2D eigenvalue weighted by molar-refractivity contribution is -0.141. The number of amides is 2. The Labute approximate surface area is 240 Å². The van der Waals surface area contributed by atoms with E-state index >= 15 is 0 Å². The summed E-state index contributed by atoms with van der Waals surface area (Å²) in [6.07, 6.45) is 0.216. The van der Waals surface area contributed by atoms with E-state index in [2.05, 4.69) is 5.32 Å². The quantitative estimate of drug-likeness (QED) is 0.279. The summed E-state index contributed by atoms with van der Waals surface area (Å²) >= 11 is 0. The van der Waals surface area contributed by atoms with Gasteiger partial charge in [-0.2, -0.15) is 4.31 Å². The first-order valence-electron chi connectivity index (χ1n) is 13.4. The molecule has 41 heavy (non-hydrogen) atoms. The van der Waals surface area contributed by atoms with E-state index in [1.165, 1.54) is 30.1 Å². The molecule has 1 unspecified atom stereocenters. The van der Waals surface area contributed by atoms with E-state index < -0.39 is 34.3 Å². The molecule has 4 aromatic rings. The van der Waals surface area contributed by atoms with E-state index in [0.717, 1.165) is 20.6 Å². The number of fused-ring (bicyclic) bond motifs is 1. The second kappa shape index (κ2) is 13.1. The van der Waals surface area contributed by atoms with Crippen molar-refractivity contribution in [1.82, 2.24) is 14.5 Å². The number of likely N-dealkylation sites (N-methyl/N-ethyl adjacent to an activating group) is 1. The third kappa shape index (κ3) is 7.56. The van der Waals surface area contributed by atoms with E-state index in [1.807, 2.05) is 68.4 Å². The van der Waals surface area contributed by atoms with Crippen LogP contribution in [0.1, 0.15) is 25.0 Å². The molecule has 2 amide bonds. The number of hydrogen-bond acceptors (Lipinski definition) is 4. The second-order valence-corrected chi connectivity index (χ2v) is 12.3. The summed E-state index contributed by atoms with van der Waals surface area (Å²) in [5.41, 5.74) is 1.45. The Morgan fingerprint density at radius 2 is 1.46 bits per heavy atom. The average molecular weight is 576 g/mol. The molecule has 4 aromatic carbocycles.